The van der Waals surface area contributed by atoms with E-state index in [2.05, 4.69) is 43.2 Å². The molecule has 2 aromatic rings. The minimum atomic E-state index is -0.509. The highest BCUT2D eigenvalue weighted by molar-refractivity contribution is 6.62. The van der Waals surface area contributed by atoms with E-state index >= 15 is 0 Å². The van der Waals surface area contributed by atoms with Gasteiger partial charge in [0.05, 0.1) is 11.2 Å². The molecule has 0 bridgehead atoms. The standard InChI is InChI=1S/C23H35BN4O4/c1-21(2,3)30-20(29)25-17-10-8-9-15(13-17)19-27-26-18-12-11-16(14-28(18)19)24-31-22(4,5)23(6,7)32-24/h11-12,14-15,17H,8-10,13H2,1-7H3,(H,25,29)/t15-,17+/m0/s1. The van der Waals surface area contributed by atoms with Crippen molar-refractivity contribution in [3.05, 3.63) is 24.2 Å². The van der Waals surface area contributed by atoms with Crippen molar-refractivity contribution in [1.82, 2.24) is 19.9 Å². The van der Waals surface area contributed by atoms with Crippen LogP contribution < -0.4 is 10.8 Å². The van der Waals surface area contributed by atoms with Gasteiger partial charge in [-0.3, -0.25) is 4.40 Å². The van der Waals surface area contributed by atoms with Gasteiger partial charge in [0, 0.05) is 18.2 Å². The summed E-state index contributed by atoms with van der Waals surface area (Å²) in [6, 6.07) is 4.00. The first-order chi connectivity index (χ1) is 14.8. The van der Waals surface area contributed by atoms with E-state index in [1.165, 1.54) is 0 Å². The van der Waals surface area contributed by atoms with E-state index in [1.807, 2.05) is 43.5 Å². The number of fused-ring (bicyclic) bond motifs is 1. The lowest BCUT2D eigenvalue weighted by atomic mass is 9.80. The second-order valence-electron chi connectivity index (χ2n) is 11.0. The molecule has 0 unspecified atom stereocenters. The van der Waals surface area contributed by atoms with Gasteiger partial charge in [0.25, 0.3) is 0 Å². The first-order valence-electron chi connectivity index (χ1n) is 11.5. The van der Waals surface area contributed by atoms with Crippen molar-refractivity contribution in [3.8, 4) is 0 Å². The van der Waals surface area contributed by atoms with Gasteiger partial charge in [0.15, 0.2) is 5.65 Å². The number of hydrogen-bond acceptors (Lipinski definition) is 6. The molecule has 174 valence electrons. The van der Waals surface area contributed by atoms with Crippen LogP contribution >= 0.6 is 0 Å². The van der Waals surface area contributed by atoms with Crippen molar-refractivity contribution in [2.75, 3.05) is 0 Å². The lowest BCUT2D eigenvalue weighted by Crippen LogP contribution is -2.41. The zero-order chi connectivity index (χ0) is 23.3. The summed E-state index contributed by atoms with van der Waals surface area (Å²) in [7, 11) is -0.437. The highest BCUT2D eigenvalue weighted by Crippen LogP contribution is 2.37. The number of nitrogens with zero attached hydrogens (tertiary/aromatic N) is 3. The molecule has 1 amide bonds. The Morgan fingerprint density at radius 3 is 2.50 bits per heavy atom. The highest BCUT2D eigenvalue weighted by Gasteiger charge is 2.51. The Kier molecular flexibility index (Phi) is 5.78. The Hall–Kier alpha value is -2.13. The average Bonchev–Trinajstić information content (AvgIpc) is 3.17. The predicted molar refractivity (Wildman–Crippen MR) is 123 cm³/mol. The molecule has 0 spiro atoms. The van der Waals surface area contributed by atoms with Gasteiger partial charge in [-0.05, 0) is 79.3 Å². The third-order valence-electron chi connectivity index (χ3n) is 6.74. The number of alkyl carbamates (subject to hydrolysis) is 1. The lowest BCUT2D eigenvalue weighted by Gasteiger charge is -2.32. The highest BCUT2D eigenvalue weighted by atomic mass is 16.7. The molecule has 2 aromatic heterocycles. The summed E-state index contributed by atoms with van der Waals surface area (Å²) in [6.45, 7) is 13.8. The van der Waals surface area contributed by atoms with Gasteiger partial charge in [-0.1, -0.05) is 12.5 Å². The quantitative estimate of drug-likeness (QED) is 0.732. The predicted octanol–water partition coefficient (Wildman–Crippen LogP) is 3.58. The molecule has 32 heavy (non-hydrogen) atoms. The summed E-state index contributed by atoms with van der Waals surface area (Å²) in [5.41, 5.74) is 0.434. The summed E-state index contributed by atoms with van der Waals surface area (Å²) in [6.07, 6.45) is 5.42. The molecule has 2 fully saturated rings. The van der Waals surface area contributed by atoms with Crippen LogP contribution in [0.5, 0.6) is 0 Å². The average molecular weight is 442 g/mol. The molecule has 1 aliphatic heterocycles. The zero-order valence-corrected chi connectivity index (χ0v) is 20.3. The van der Waals surface area contributed by atoms with Crippen molar-refractivity contribution in [1.29, 1.82) is 0 Å². The molecule has 4 rings (SSSR count). The SMILES string of the molecule is CC(C)(C)OC(=O)N[C@@H]1CCC[C@H](c2nnc3ccc(B4OC(C)(C)C(C)(C)O4)cn23)C1. The Balaban J connectivity index is 1.52. The third-order valence-corrected chi connectivity index (χ3v) is 6.74. The van der Waals surface area contributed by atoms with Crippen molar-refractivity contribution in [2.24, 2.45) is 0 Å². The number of carbonyl (C=O) groups is 1. The molecule has 8 nitrogen and oxygen atoms in total. The first-order valence-corrected chi connectivity index (χ1v) is 11.5. The Morgan fingerprint density at radius 1 is 1.16 bits per heavy atom. The van der Waals surface area contributed by atoms with Gasteiger partial charge in [-0.25, -0.2) is 4.79 Å². The van der Waals surface area contributed by atoms with Gasteiger partial charge in [-0.15, -0.1) is 10.2 Å². The van der Waals surface area contributed by atoms with E-state index in [9.17, 15) is 4.79 Å². The number of hydrogen-bond donors (Lipinski definition) is 1. The van der Waals surface area contributed by atoms with Gasteiger partial charge in [0.2, 0.25) is 0 Å². The number of ether oxygens (including phenoxy) is 1. The Bertz CT molecular complexity index is 982. The molecular formula is C23H35BN4O4. The number of amides is 1. The fourth-order valence-corrected chi connectivity index (χ4v) is 4.35. The third kappa shape index (κ3) is 4.64. The normalized spacial score (nSPS) is 25.2. The number of pyridine rings is 1. The van der Waals surface area contributed by atoms with E-state index in [0.717, 1.165) is 42.6 Å². The molecular weight excluding hydrogens is 407 g/mol. The van der Waals surface area contributed by atoms with Crippen LogP contribution in [0.15, 0.2) is 18.3 Å². The van der Waals surface area contributed by atoms with Crippen LogP contribution in [0.3, 0.4) is 0 Å². The molecule has 9 heteroatoms. The Morgan fingerprint density at radius 2 is 1.84 bits per heavy atom. The minimum Gasteiger partial charge on any atom is -0.444 e. The van der Waals surface area contributed by atoms with Crippen molar-refractivity contribution < 1.29 is 18.8 Å². The van der Waals surface area contributed by atoms with Crippen molar-refractivity contribution in [2.45, 2.75) is 103 Å². The molecule has 1 saturated heterocycles. The second-order valence-corrected chi connectivity index (χ2v) is 11.0. The molecule has 0 aromatic carbocycles. The monoisotopic (exact) mass is 442 g/mol. The summed E-state index contributed by atoms with van der Waals surface area (Å²) >= 11 is 0. The van der Waals surface area contributed by atoms with E-state index in [4.69, 9.17) is 14.0 Å². The first kappa shape index (κ1) is 23.0. The molecule has 3 heterocycles. The maximum atomic E-state index is 12.2. The number of nitrogens with one attached hydrogen (secondary N) is 1. The van der Waals surface area contributed by atoms with Gasteiger partial charge < -0.3 is 19.4 Å². The zero-order valence-electron chi connectivity index (χ0n) is 20.3. The molecule has 2 atom stereocenters. The largest absolute Gasteiger partial charge is 0.496 e. The van der Waals surface area contributed by atoms with Crippen LogP contribution in [0.25, 0.3) is 5.65 Å². The fraction of sp³-hybridized carbons (Fsp3) is 0.696. The van der Waals surface area contributed by atoms with Gasteiger partial charge in [-0.2, -0.15) is 0 Å². The van der Waals surface area contributed by atoms with Crippen LogP contribution in [-0.2, 0) is 14.0 Å². The van der Waals surface area contributed by atoms with Gasteiger partial charge >= 0.3 is 13.2 Å². The summed E-state index contributed by atoms with van der Waals surface area (Å²) in [5, 5.41) is 11.9. The summed E-state index contributed by atoms with van der Waals surface area (Å²) in [5.74, 6) is 1.11. The summed E-state index contributed by atoms with van der Waals surface area (Å²) < 4.78 is 19.9. The minimum absolute atomic E-state index is 0.0576. The lowest BCUT2D eigenvalue weighted by molar-refractivity contribution is 0.00578. The number of aromatic nitrogens is 3. The summed E-state index contributed by atoms with van der Waals surface area (Å²) in [4.78, 5) is 12.2. The topological polar surface area (TPSA) is 87.0 Å². The van der Waals surface area contributed by atoms with Crippen LogP contribution in [0.4, 0.5) is 4.79 Å². The van der Waals surface area contributed by atoms with E-state index in [-0.39, 0.29) is 18.1 Å². The number of rotatable bonds is 3. The fourth-order valence-electron chi connectivity index (χ4n) is 4.35. The molecule has 1 aliphatic carbocycles. The molecule has 2 aliphatic rings. The molecule has 1 N–H and O–H groups in total. The van der Waals surface area contributed by atoms with E-state index in [0.29, 0.717) is 0 Å². The van der Waals surface area contributed by atoms with Gasteiger partial charge in [0.1, 0.15) is 11.4 Å². The van der Waals surface area contributed by atoms with Crippen LogP contribution in [0.2, 0.25) is 0 Å². The maximum Gasteiger partial charge on any atom is 0.496 e. The van der Waals surface area contributed by atoms with E-state index in [1.54, 1.807) is 0 Å². The smallest absolute Gasteiger partial charge is 0.444 e. The van der Waals surface area contributed by atoms with Crippen LogP contribution in [0, 0.1) is 0 Å². The van der Waals surface area contributed by atoms with Crippen molar-refractivity contribution >= 4 is 24.3 Å². The molecule has 1 saturated carbocycles. The van der Waals surface area contributed by atoms with E-state index < -0.39 is 23.9 Å². The Labute approximate surface area is 190 Å². The molecule has 0 radical (unpaired) electrons. The second kappa shape index (κ2) is 8.03. The van der Waals surface area contributed by atoms with Crippen molar-refractivity contribution in [3.63, 3.8) is 0 Å². The number of carbonyl (C=O) groups excluding carboxylic acids is 1. The van der Waals surface area contributed by atoms with Crippen LogP contribution in [-0.4, -0.2) is 50.7 Å². The van der Waals surface area contributed by atoms with Crippen LogP contribution in [0.1, 0.15) is 85.9 Å². The maximum absolute atomic E-state index is 12.2.